The molecule has 0 bridgehead atoms. The van der Waals surface area contributed by atoms with Crippen molar-refractivity contribution in [1.82, 2.24) is 10.6 Å². The van der Waals surface area contributed by atoms with E-state index >= 15 is 0 Å². The molecule has 23 heavy (non-hydrogen) atoms. The molecule has 2 N–H and O–H groups in total. The van der Waals surface area contributed by atoms with Crippen molar-refractivity contribution in [2.45, 2.75) is 46.3 Å². The first-order chi connectivity index (χ1) is 10.9. The SMILES string of the molecule is CC(C)OCCCNC(=O)C(NC(=O)c1ccccc1)C(C)C. The molecule has 2 amide bonds. The molecule has 0 spiro atoms. The van der Waals surface area contributed by atoms with E-state index in [1.54, 1.807) is 24.3 Å². The molecule has 1 aromatic rings. The van der Waals surface area contributed by atoms with Crippen molar-refractivity contribution >= 4 is 11.8 Å². The Bertz CT molecular complexity index is 486. The molecule has 0 aliphatic heterocycles. The van der Waals surface area contributed by atoms with Gasteiger partial charge in [0.2, 0.25) is 5.91 Å². The molecular weight excluding hydrogens is 292 g/mol. The van der Waals surface area contributed by atoms with Crippen molar-refractivity contribution < 1.29 is 14.3 Å². The molecule has 5 nitrogen and oxygen atoms in total. The Morgan fingerprint density at radius 2 is 1.74 bits per heavy atom. The summed E-state index contributed by atoms with van der Waals surface area (Å²) >= 11 is 0. The molecular formula is C18H28N2O3. The van der Waals surface area contributed by atoms with Gasteiger partial charge < -0.3 is 15.4 Å². The van der Waals surface area contributed by atoms with Gasteiger partial charge in [-0.15, -0.1) is 0 Å². The van der Waals surface area contributed by atoms with Crippen molar-refractivity contribution in [3.63, 3.8) is 0 Å². The van der Waals surface area contributed by atoms with Crippen molar-refractivity contribution in [2.75, 3.05) is 13.2 Å². The van der Waals surface area contributed by atoms with Crippen molar-refractivity contribution in [1.29, 1.82) is 0 Å². The summed E-state index contributed by atoms with van der Waals surface area (Å²) in [7, 11) is 0. The maximum absolute atomic E-state index is 12.3. The number of ether oxygens (including phenoxy) is 1. The minimum Gasteiger partial charge on any atom is -0.379 e. The lowest BCUT2D eigenvalue weighted by molar-refractivity contribution is -0.124. The second-order valence-electron chi connectivity index (χ2n) is 6.13. The molecule has 0 saturated heterocycles. The molecule has 0 aliphatic carbocycles. The number of carbonyl (C=O) groups is 2. The molecule has 128 valence electrons. The number of benzene rings is 1. The van der Waals surface area contributed by atoms with Crippen molar-refractivity contribution in [2.24, 2.45) is 5.92 Å². The lowest BCUT2D eigenvalue weighted by atomic mass is 10.0. The average molecular weight is 320 g/mol. The first kappa shape index (κ1) is 19.2. The van der Waals surface area contributed by atoms with Gasteiger partial charge in [-0.25, -0.2) is 0 Å². The molecule has 0 saturated carbocycles. The predicted octanol–water partition coefficient (Wildman–Crippen LogP) is 2.37. The molecule has 5 heteroatoms. The topological polar surface area (TPSA) is 67.4 Å². The third-order valence-electron chi connectivity index (χ3n) is 3.34. The quantitative estimate of drug-likeness (QED) is 0.687. The lowest BCUT2D eigenvalue weighted by Crippen LogP contribution is -2.50. The van der Waals surface area contributed by atoms with E-state index in [2.05, 4.69) is 10.6 Å². The fraction of sp³-hybridized carbons (Fsp3) is 0.556. The zero-order valence-electron chi connectivity index (χ0n) is 14.5. The monoisotopic (exact) mass is 320 g/mol. The Balaban J connectivity index is 2.47. The highest BCUT2D eigenvalue weighted by molar-refractivity contribution is 5.97. The predicted molar refractivity (Wildman–Crippen MR) is 91.2 cm³/mol. The zero-order chi connectivity index (χ0) is 17.2. The number of rotatable bonds is 9. The van der Waals surface area contributed by atoms with Crippen LogP contribution in [0.1, 0.15) is 44.5 Å². The Kier molecular flexibility index (Phi) is 8.33. The van der Waals surface area contributed by atoms with E-state index in [0.29, 0.717) is 18.7 Å². The summed E-state index contributed by atoms with van der Waals surface area (Å²) in [4.78, 5) is 24.5. The van der Waals surface area contributed by atoms with E-state index in [-0.39, 0.29) is 23.8 Å². The van der Waals surface area contributed by atoms with E-state index in [1.165, 1.54) is 0 Å². The third-order valence-corrected chi connectivity index (χ3v) is 3.34. The number of carbonyl (C=O) groups excluding carboxylic acids is 2. The number of nitrogens with one attached hydrogen (secondary N) is 2. The van der Waals surface area contributed by atoms with Crippen LogP contribution in [0.15, 0.2) is 30.3 Å². The number of amides is 2. The van der Waals surface area contributed by atoms with Crippen molar-refractivity contribution in [3.8, 4) is 0 Å². The summed E-state index contributed by atoms with van der Waals surface area (Å²) in [6.45, 7) is 8.93. The van der Waals surface area contributed by atoms with Gasteiger partial charge in [0.05, 0.1) is 6.10 Å². The normalized spacial score (nSPS) is 12.3. The first-order valence-electron chi connectivity index (χ1n) is 8.17. The van der Waals surface area contributed by atoms with Gasteiger partial charge in [-0.3, -0.25) is 9.59 Å². The van der Waals surface area contributed by atoms with Gasteiger partial charge in [-0.1, -0.05) is 32.0 Å². The van der Waals surface area contributed by atoms with Gasteiger partial charge in [0.15, 0.2) is 0 Å². The van der Waals surface area contributed by atoms with E-state index < -0.39 is 6.04 Å². The molecule has 0 radical (unpaired) electrons. The molecule has 1 unspecified atom stereocenters. The van der Waals surface area contributed by atoms with Crippen LogP contribution >= 0.6 is 0 Å². The Morgan fingerprint density at radius 3 is 2.30 bits per heavy atom. The Hall–Kier alpha value is -1.88. The summed E-state index contributed by atoms with van der Waals surface area (Å²) in [6.07, 6.45) is 0.945. The smallest absolute Gasteiger partial charge is 0.251 e. The summed E-state index contributed by atoms with van der Waals surface area (Å²) < 4.78 is 5.43. The highest BCUT2D eigenvalue weighted by Crippen LogP contribution is 2.05. The maximum Gasteiger partial charge on any atom is 0.251 e. The molecule has 0 fully saturated rings. The summed E-state index contributed by atoms with van der Waals surface area (Å²) in [6, 6.07) is 8.36. The second-order valence-corrected chi connectivity index (χ2v) is 6.13. The van der Waals surface area contributed by atoms with Gasteiger partial charge >= 0.3 is 0 Å². The summed E-state index contributed by atoms with van der Waals surface area (Å²) in [5, 5.41) is 5.67. The van der Waals surface area contributed by atoms with Gasteiger partial charge in [0, 0.05) is 18.7 Å². The van der Waals surface area contributed by atoms with E-state index in [9.17, 15) is 9.59 Å². The molecule has 1 rings (SSSR count). The highest BCUT2D eigenvalue weighted by atomic mass is 16.5. The number of hydrogen-bond acceptors (Lipinski definition) is 3. The fourth-order valence-corrected chi connectivity index (χ4v) is 2.06. The maximum atomic E-state index is 12.3. The first-order valence-corrected chi connectivity index (χ1v) is 8.17. The van der Waals surface area contributed by atoms with Crippen LogP contribution in [0.5, 0.6) is 0 Å². The van der Waals surface area contributed by atoms with Crippen LogP contribution in [0, 0.1) is 5.92 Å². The van der Waals surface area contributed by atoms with Gasteiger partial charge in [0.25, 0.3) is 5.91 Å². The molecule has 1 aromatic carbocycles. The minimum absolute atomic E-state index is 0.00887. The molecule has 0 heterocycles. The molecule has 1 atom stereocenters. The van der Waals surface area contributed by atoms with Gasteiger partial charge in [-0.2, -0.15) is 0 Å². The fourth-order valence-electron chi connectivity index (χ4n) is 2.06. The average Bonchev–Trinajstić information content (AvgIpc) is 2.52. The van der Waals surface area contributed by atoms with E-state index in [4.69, 9.17) is 4.74 Å². The van der Waals surface area contributed by atoms with Crippen LogP contribution < -0.4 is 10.6 Å². The lowest BCUT2D eigenvalue weighted by Gasteiger charge is -2.22. The second kappa shape index (κ2) is 10.0. The van der Waals surface area contributed by atoms with Crippen molar-refractivity contribution in [3.05, 3.63) is 35.9 Å². The molecule has 0 aromatic heterocycles. The van der Waals surface area contributed by atoms with Crippen LogP contribution in [0.25, 0.3) is 0 Å². The Labute approximate surface area is 138 Å². The zero-order valence-corrected chi connectivity index (χ0v) is 14.5. The van der Waals surface area contributed by atoms with Crippen LogP contribution in [0.2, 0.25) is 0 Å². The number of hydrogen-bond donors (Lipinski definition) is 2. The van der Waals surface area contributed by atoms with Crippen LogP contribution in [-0.2, 0) is 9.53 Å². The van der Waals surface area contributed by atoms with Gasteiger partial charge in [-0.05, 0) is 38.3 Å². The van der Waals surface area contributed by atoms with E-state index in [1.807, 2.05) is 33.8 Å². The minimum atomic E-state index is -0.547. The largest absolute Gasteiger partial charge is 0.379 e. The van der Waals surface area contributed by atoms with Crippen LogP contribution in [0.4, 0.5) is 0 Å². The van der Waals surface area contributed by atoms with Gasteiger partial charge in [0.1, 0.15) is 6.04 Å². The van der Waals surface area contributed by atoms with Crippen LogP contribution in [-0.4, -0.2) is 37.1 Å². The highest BCUT2D eigenvalue weighted by Gasteiger charge is 2.24. The van der Waals surface area contributed by atoms with Crippen LogP contribution in [0.3, 0.4) is 0 Å². The Morgan fingerprint density at radius 1 is 1.09 bits per heavy atom. The molecule has 0 aliphatic rings. The summed E-state index contributed by atoms with van der Waals surface area (Å²) in [5.41, 5.74) is 0.552. The standard InChI is InChI=1S/C18H28N2O3/c1-13(2)16(18(22)19-11-8-12-23-14(3)4)20-17(21)15-9-6-5-7-10-15/h5-7,9-10,13-14,16H,8,11-12H2,1-4H3,(H,19,22)(H,20,21). The van der Waals surface area contributed by atoms with E-state index in [0.717, 1.165) is 6.42 Å². The third kappa shape index (κ3) is 7.28. The summed E-state index contributed by atoms with van der Waals surface area (Å²) in [5.74, 6) is -0.383.